The first-order chi connectivity index (χ1) is 8.23. The van der Waals surface area contributed by atoms with E-state index in [0.29, 0.717) is 10.8 Å². The minimum atomic E-state index is -0.256. The third-order valence-corrected chi connectivity index (χ3v) is 4.11. The summed E-state index contributed by atoms with van der Waals surface area (Å²) in [6.45, 7) is 0. The molecule has 0 aromatic heterocycles. The lowest BCUT2D eigenvalue weighted by atomic mass is 9.75. The molecule has 1 saturated carbocycles. The van der Waals surface area contributed by atoms with Gasteiger partial charge in [-0.05, 0) is 25.0 Å². The number of nitrogens with zero attached hydrogens (tertiary/aromatic N) is 1. The number of anilines is 1. The lowest BCUT2D eigenvalue weighted by molar-refractivity contribution is 0.295. The summed E-state index contributed by atoms with van der Waals surface area (Å²) in [6, 6.07) is 3.39. The Bertz CT molecular complexity index is 479. The van der Waals surface area contributed by atoms with Crippen LogP contribution in [0.5, 0.6) is 5.75 Å². The van der Waals surface area contributed by atoms with Crippen molar-refractivity contribution in [2.75, 3.05) is 5.32 Å². The Morgan fingerprint density at radius 3 is 2.76 bits per heavy atom. The highest BCUT2D eigenvalue weighted by Gasteiger charge is 2.39. The summed E-state index contributed by atoms with van der Waals surface area (Å²) in [7, 11) is 0. The van der Waals surface area contributed by atoms with Gasteiger partial charge in [-0.1, -0.05) is 30.9 Å². The van der Waals surface area contributed by atoms with Crippen LogP contribution in [0.1, 0.15) is 37.7 Å². The molecule has 0 radical (unpaired) electrons. The molecule has 1 aromatic carbocycles. The number of benzene rings is 1. The second-order valence-electron chi connectivity index (χ2n) is 4.81. The lowest BCUT2D eigenvalue weighted by Crippen LogP contribution is -2.31. The fraction of sp³-hybridized carbons (Fsp3) is 0.462. The molecule has 1 heterocycles. The van der Waals surface area contributed by atoms with Gasteiger partial charge in [0.05, 0.1) is 22.6 Å². The number of halogens is 1. The average Bonchev–Trinajstić information content (AvgIpc) is 2.35. The normalized spacial score (nSPS) is 21.0. The SMILES string of the molecule is Oc1ccc(Cl)c2c1C1(CCCCC1)N=CN2. The second kappa shape index (κ2) is 3.91. The number of fused-ring (bicyclic) bond motifs is 2. The highest BCUT2D eigenvalue weighted by molar-refractivity contribution is 6.34. The number of hydrogen-bond acceptors (Lipinski definition) is 3. The third kappa shape index (κ3) is 1.61. The number of rotatable bonds is 0. The van der Waals surface area contributed by atoms with Gasteiger partial charge in [-0.2, -0.15) is 0 Å². The van der Waals surface area contributed by atoms with E-state index in [-0.39, 0.29) is 5.54 Å². The van der Waals surface area contributed by atoms with Crippen LogP contribution in [0.2, 0.25) is 5.02 Å². The zero-order chi connectivity index (χ0) is 11.9. The van der Waals surface area contributed by atoms with Gasteiger partial charge in [0, 0.05) is 5.56 Å². The molecule has 1 spiro atoms. The molecule has 2 aliphatic rings. The largest absolute Gasteiger partial charge is 0.507 e. The summed E-state index contributed by atoms with van der Waals surface area (Å²) in [5, 5.41) is 13.8. The molecule has 3 nitrogen and oxygen atoms in total. The molecule has 1 aliphatic heterocycles. The molecule has 90 valence electrons. The van der Waals surface area contributed by atoms with Crippen LogP contribution in [0.3, 0.4) is 0 Å². The monoisotopic (exact) mass is 250 g/mol. The average molecular weight is 251 g/mol. The van der Waals surface area contributed by atoms with Crippen molar-refractivity contribution in [2.45, 2.75) is 37.6 Å². The first kappa shape index (κ1) is 10.9. The van der Waals surface area contributed by atoms with Crippen LogP contribution in [0.15, 0.2) is 17.1 Å². The number of nitrogens with one attached hydrogen (secondary N) is 1. The highest BCUT2D eigenvalue weighted by Crippen LogP contribution is 2.50. The van der Waals surface area contributed by atoms with Crippen molar-refractivity contribution in [2.24, 2.45) is 4.99 Å². The Morgan fingerprint density at radius 2 is 2.00 bits per heavy atom. The fourth-order valence-electron chi connectivity index (χ4n) is 2.98. The molecule has 4 heteroatoms. The molecule has 3 rings (SSSR count). The van der Waals surface area contributed by atoms with Crippen LogP contribution in [0.25, 0.3) is 0 Å². The van der Waals surface area contributed by atoms with Crippen molar-refractivity contribution < 1.29 is 5.11 Å². The van der Waals surface area contributed by atoms with E-state index >= 15 is 0 Å². The Labute approximate surface area is 106 Å². The summed E-state index contributed by atoms with van der Waals surface area (Å²) in [4.78, 5) is 4.61. The van der Waals surface area contributed by atoms with E-state index in [4.69, 9.17) is 11.6 Å². The first-order valence-electron chi connectivity index (χ1n) is 6.05. The molecule has 0 bridgehead atoms. The maximum atomic E-state index is 10.1. The number of phenols is 1. The second-order valence-corrected chi connectivity index (χ2v) is 5.22. The third-order valence-electron chi connectivity index (χ3n) is 3.80. The zero-order valence-corrected chi connectivity index (χ0v) is 10.3. The van der Waals surface area contributed by atoms with Gasteiger partial charge >= 0.3 is 0 Å². The summed E-state index contributed by atoms with van der Waals surface area (Å²) < 4.78 is 0. The van der Waals surface area contributed by atoms with Crippen molar-refractivity contribution in [1.82, 2.24) is 0 Å². The topological polar surface area (TPSA) is 44.6 Å². The van der Waals surface area contributed by atoms with Crippen LogP contribution in [0.4, 0.5) is 5.69 Å². The molecule has 0 saturated heterocycles. The Balaban J connectivity index is 2.18. The minimum Gasteiger partial charge on any atom is -0.507 e. The predicted molar refractivity (Wildman–Crippen MR) is 70.0 cm³/mol. The number of hydrogen-bond donors (Lipinski definition) is 2. The lowest BCUT2D eigenvalue weighted by Gasteiger charge is -2.38. The molecular formula is C13H15ClN2O. The van der Waals surface area contributed by atoms with E-state index in [1.807, 2.05) is 0 Å². The Morgan fingerprint density at radius 1 is 1.24 bits per heavy atom. The van der Waals surface area contributed by atoms with Crippen LogP contribution >= 0.6 is 11.6 Å². The fourth-order valence-corrected chi connectivity index (χ4v) is 3.19. The van der Waals surface area contributed by atoms with E-state index in [2.05, 4.69) is 10.3 Å². The predicted octanol–water partition coefficient (Wildman–Crippen LogP) is 3.66. The summed E-state index contributed by atoms with van der Waals surface area (Å²) in [5.74, 6) is 0.302. The van der Waals surface area contributed by atoms with Gasteiger partial charge in [-0.15, -0.1) is 0 Å². The number of phenolic OH excluding ortho intramolecular Hbond substituents is 1. The van der Waals surface area contributed by atoms with Gasteiger partial charge in [0.25, 0.3) is 0 Å². The Hall–Kier alpha value is -1.22. The maximum Gasteiger partial charge on any atom is 0.123 e. The maximum absolute atomic E-state index is 10.1. The number of aliphatic imine (C=N–C) groups is 1. The molecule has 2 N–H and O–H groups in total. The van der Waals surface area contributed by atoms with E-state index in [1.165, 1.54) is 6.42 Å². The van der Waals surface area contributed by atoms with Gasteiger partial charge in [-0.25, -0.2) is 0 Å². The van der Waals surface area contributed by atoms with Gasteiger partial charge in [-0.3, -0.25) is 4.99 Å². The van der Waals surface area contributed by atoms with E-state index in [9.17, 15) is 5.11 Å². The molecular weight excluding hydrogens is 236 g/mol. The number of aromatic hydroxyl groups is 1. The van der Waals surface area contributed by atoms with Crippen molar-refractivity contribution in [3.63, 3.8) is 0 Å². The quantitative estimate of drug-likeness (QED) is 0.738. The van der Waals surface area contributed by atoms with Gasteiger partial charge in [0.1, 0.15) is 5.75 Å². The van der Waals surface area contributed by atoms with Gasteiger partial charge < -0.3 is 10.4 Å². The molecule has 1 fully saturated rings. The van der Waals surface area contributed by atoms with E-state index < -0.39 is 0 Å². The van der Waals surface area contributed by atoms with Crippen LogP contribution < -0.4 is 5.32 Å². The van der Waals surface area contributed by atoms with Crippen LogP contribution in [-0.4, -0.2) is 11.4 Å². The highest BCUT2D eigenvalue weighted by atomic mass is 35.5. The molecule has 17 heavy (non-hydrogen) atoms. The molecule has 0 unspecified atom stereocenters. The minimum absolute atomic E-state index is 0.256. The molecule has 1 aromatic rings. The van der Waals surface area contributed by atoms with Crippen molar-refractivity contribution in [3.8, 4) is 5.75 Å². The van der Waals surface area contributed by atoms with Crippen LogP contribution in [0, 0.1) is 0 Å². The molecule has 0 amide bonds. The zero-order valence-electron chi connectivity index (χ0n) is 9.54. The van der Waals surface area contributed by atoms with Gasteiger partial charge in [0.2, 0.25) is 0 Å². The van der Waals surface area contributed by atoms with E-state index in [0.717, 1.165) is 36.9 Å². The first-order valence-corrected chi connectivity index (χ1v) is 6.43. The van der Waals surface area contributed by atoms with Crippen molar-refractivity contribution in [3.05, 3.63) is 22.7 Å². The summed E-state index contributed by atoms with van der Waals surface area (Å²) in [5.41, 5.74) is 1.45. The van der Waals surface area contributed by atoms with Crippen molar-refractivity contribution in [1.29, 1.82) is 0 Å². The smallest absolute Gasteiger partial charge is 0.123 e. The molecule has 0 atom stereocenters. The summed E-state index contributed by atoms with van der Waals surface area (Å²) >= 11 is 6.18. The van der Waals surface area contributed by atoms with Crippen molar-refractivity contribution >= 4 is 23.6 Å². The van der Waals surface area contributed by atoms with E-state index in [1.54, 1.807) is 18.5 Å². The van der Waals surface area contributed by atoms with Gasteiger partial charge in [0.15, 0.2) is 0 Å². The molecule has 1 aliphatic carbocycles. The summed E-state index contributed by atoms with van der Waals surface area (Å²) in [6.07, 6.45) is 7.27. The van der Waals surface area contributed by atoms with Crippen LogP contribution in [-0.2, 0) is 5.54 Å². The standard InChI is InChI=1S/C13H15ClN2O/c14-9-4-5-10(17)11-12(9)15-8-16-13(11)6-2-1-3-7-13/h4-5,8,17H,1-3,6-7H2,(H,15,16). The Kier molecular flexibility index (Phi) is 2.51.